The van der Waals surface area contributed by atoms with E-state index >= 15 is 0 Å². The number of halogens is 1. The van der Waals surface area contributed by atoms with Crippen LogP contribution in [0, 0.1) is 5.82 Å². The molecule has 0 aromatic heterocycles. The molecule has 114 valence electrons. The highest BCUT2D eigenvalue weighted by Gasteiger charge is 2.16. The smallest absolute Gasteiger partial charge is 0.251 e. The second-order valence-electron chi connectivity index (χ2n) is 5.11. The highest BCUT2D eigenvalue weighted by atomic mass is 19.1. The van der Waals surface area contributed by atoms with E-state index in [1.807, 2.05) is 6.92 Å². The lowest BCUT2D eigenvalue weighted by Gasteiger charge is -2.19. The van der Waals surface area contributed by atoms with Crippen molar-refractivity contribution in [2.24, 2.45) is 0 Å². The molecule has 22 heavy (non-hydrogen) atoms. The SMILES string of the molecule is C[C@H](NC(=O)c1ccc2c(c1)OCCO2)c1ccc(F)cc1. The maximum Gasteiger partial charge on any atom is 0.251 e. The van der Waals surface area contributed by atoms with E-state index in [9.17, 15) is 9.18 Å². The van der Waals surface area contributed by atoms with Crippen LogP contribution in [0.4, 0.5) is 4.39 Å². The topological polar surface area (TPSA) is 47.6 Å². The number of ether oxygens (including phenoxy) is 2. The highest BCUT2D eigenvalue weighted by Crippen LogP contribution is 2.30. The molecule has 0 fully saturated rings. The van der Waals surface area contributed by atoms with Crippen molar-refractivity contribution in [2.75, 3.05) is 13.2 Å². The fourth-order valence-electron chi connectivity index (χ4n) is 2.30. The van der Waals surface area contributed by atoms with Gasteiger partial charge in [0.05, 0.1) is 6.04 Å². The van der Waals surface area contributed by atoms with Crippen LogP contribution in [-0.4, -0.2) is 19.1 Å². The van der Waals surface area contributed by atoms with E-state index in [0.29, 0.717) is 30.3 Å². The van der Waals surface area contributed by atoms with Gasteiger partial charge in [0.15, 0.2) is 11.5 Å². The van der Waals surface area contributed by atoms with Gasteiger partial charge in [-0.25, -0.2) is 4.39 Å². The first-order valence-corrected chi connectivity index (χ1v) is 7.09. The molecule has 0 spiro atoms. The number of nitrogens with one attached hydrogen (secondary N) is 1. The number of carbonyl (C=O) groups excluding carboxylic acids is 1. The van der Waals surface area contributed by atoms with Gasteiger partial charge in [-0.2, -0.15) is 0 Å². The van der Waals surface area contributed by atoms with Crippen LogP contribution in [0.25, 0.3) is 0 Å². The molecule has 2 aromatic carbocycles. The number of hydrogen-bond acceptors (Lipinski definition) is 3. The van der Waals surface area contributed by atoms with Crippen LogP contribution in [0.3, 0.4) is 0 Å². The largest absolute Gasteiger partial charge is 0.486 e. The summed E-state index contributed by atoms with van der Waals surface area (Å²) in [5.41, 5.74) is 1.34. The lowest BCUT2D eigenvalue weighted by atomic mass is 10.1. The van der Waals surface area contributed by atoms with Gasteiger partial charge >= 0.3 is 0 Å². The summed E-state index contributed by atoms with van der Waals surface area (Å²) in [6, 6.07) is 10.9. The van der Waals surface area contributed by atoms with Crippen molar-refractivity contribution < 1.29 is 18.7 Å². The molecule has 5 heteroatoms. The first-order valence-electron chi connectivity index (χ1n) is 7.09. The number of rotatable bonds is 3. The van der Waals surface area contributed by atoms with Gasteiger partial charge in [-0.3, -0.25) is 4.79 Å². The Morgan fingerprint density at radius 1 is 1.09 bits per heavy atom. The molecule has 0 unspecified atom stereocenters. The van der Waals surface area contributed by atoms with Gasteiger partial charge < -0.3 is 14.8 Å². The summed E-state index contributed by atoms with van der Waals surface area (Å²) in [6.07, 6.45) is 0. The summed E-state index contributed by atoms with van der Waals surface area (Å²) in [5, 5.41) is 2.88. The molecule has 0 saturated carbocycles. The van der Waals surface area contributed by atoms with Gasteiger partial charge in [0.2, 0.25) is 0 Å². The number of fused-ring (bicyclic) bond motifs is 1. The van der Waals surface area contributed by atoms with Crippen LogP contribution in [-0.2, 0) is 0 Å². The van der Waals surface area contributed by atoms with Crippen LogP contribution in [0.2, 0.25) is 0 Å². The van der Waals surface area contributed by atoms with Crippen molar-refractivity contribution in [3.8, 4) is 11.5 Å². The molecule has 3 rings (SSSR count). The third kappa shape index (κ3) is 3.03. The molecule has 1 aliphatic rings. The minimum atomic E-state index is -0.297. The van der Waals surface area contributed by atoms with Crippen LogP contribution in [0.1, 0.15) is 28.9 Å². The molecule has 1 N–H and O–H groups in total. The Balaban J connectivity index is 1.72. The maximum absolute atomic E-state index is 12.9. The van der Waals surface area contributed by atoms with Crippen molar-refractivity contribution in [1.82, 2.24) is 5.32 Å². The van der Waals surface area contributed by atoms with Crippen LogP contribution < -0.4 is 14.8 Å². The minimum absolute atomic E-state index is 0.214. The minimum Gasteiger partial charge on any atom is -0.486 e. The van der Waals surface area contributed by atoms with Gasteiger partial charge in [-0.15, -0.1) is 0 Å². The Hall–Kier alpha value is -2.56. The summed E-state index contributed by atoms with van der Waals surface area (Å²) in [7, 11) is 0. The third-order valence-corrected chi connectivity index (χ3v) is 3.52. The number of amides is 1. The standard InChI is InChI=1S/C17H16FNO3/c1-11(12-2-5-14(18)6-3-12)19-17(20)13-4-7-15-16(10-13)22-9-8-21-15/h2-7,10-11H,8-9H2,1H3,(H,19,20)/t11-/m0/s1. The van der Waals surface area contributed by atoms with Crippen molar-refractivity contribution in [2.45, 2.75) is 13.0 Å². The quantitative estimate of drug-likeness (QED) is 0.947. The zero-order chi connectivity index (χ0) is 15.5. The summed E-state index contributed by atoms with van der Waals surface area (Å²) in [4.78, 5) is 12.3. The second-order valence-corrected chi connectivity index (χ2v) is 5.11. The molecular formula is C17H16FNO3. The summed E-state index contributed by atoms with van der Waals surface area (Å²) in [5.74, 6) is 0.714. The fourth-order valence-corrected chi connectivity index (χ4v) is 2.30. The third-order valence-electron chi connectivity index (χ3n) is 3.52. The van der Waals surface area contributed by atoms with E-state index in [1.165, 1.54) is 12.1 Å². The van der Waals surface area contributed by atoms with Gasteiger partial charge in [0, 0.05) is 5.56 Å². The maximum atomic E-state index is 12.9. The van der Waals surface area contributed by atoms with E-state index in [-0.39, 0.29) is 17.8 Å². The molecule has 1 atom stereocenters. The summed E-state index contributed by atoms with van der Waals surface area (Å²) < 4.78 is 23.8. The number of hydrogen-bond donors (Lipinski definition) is 1. The van der Waals surface area contributed by atoms with E-state index in [1.54, 1.807) is 30.3 Å². The molecular weight excluding hydrogens is 285 g/mol. The molecule has 0 saturated heterocycles. The molecule has 0 radical (unpaired) electrons. The van der Waals surface area contributed by atoms with Crippen molar-refractivity contribution in [3.63, 3.8) is 0 Å². The van der Waals surface area contributed by atoms with E-state index in [0.717, 1.165) is 5.56 Å². The average molecular weight is 301 g/mol. The first kappa shape index (κ1) is 14.4. The summed E-state index contributed by atoms with van der Waals surface area (Å²) >= 11 is 0. The van der Waals surface area contributed by atoms with Crippen LogP contribution >= 0.6 is 0 Å². The van der Waals surface area contributed by atoms with Crippen LogP contribution in [0.5, 0.6) is 11.5 Å². The molecule has 0 aliphatic carbocycles. The Bertz CT molecular complexity index is 685. The first-order chi connectivity index (χ1) is 10.6. The lowest BCUT2D eigenvalue weighted by molar-refractivity contribution is 0.0938. The number of carbonyl (C=O) groups is 1. The normalized spacial score (nSPS) is 14.3. The zero-order valence-electron chi connectivity index (χ0n) is 12.1. The van der Waals surface area contributed by atoms with Crippen molar-refractivity contribution in [1.29, 1.82) is 0 Å². The predicted molar refractivity (Wildman–Crippen MR) is 79.7 cm³/mol. The molecule has 1 aliphatic heterocycles. The highest BCUT2D eigenvalue weighted by molar-refractivity contribution is 5.95. The van der Waals surface area contributed by atoms with Gasteiger partial charge in [0.25, 0.3) is 5.91 Å². The van der Waals surface area contributed by atoms with Crippen molar-refractivity contribution in [3.05, 3.63) is 59.4 Å². The summed E-state index contributed by atoms with van der Waals surface area (Å²) in [6.45, 7) is 2.84. The number of benzene rings is 2. The second kappa shape index (κ2) is 6.05. The molecule has 1 heterocycles. The Morgan fingerprint density at radius 2 is 1.77 bits per heavy atom. The average Bonchev–Trinajstić information content (AvgIpc) is 2.55. The lowest BCUT2D eigenvalue weighted by Crippen LogP contribution is -2.27. The van der Waals surface area contributed by atoms with Gasteiger partial charge in [-0.1, -0.05) is 12.1 Å². The zero-order valence-corrected chi connectivity index (χ0v) is 12.1. The van der Waals surface area contributed by atoms with E-state index in [4.69, 9.17) is 9.47 Å². The Labute approximate surface area is 127 Å². The Kier molecular flexibility index (Phi) is 3.96. The fraction of sp³-hybridized carbons (Fsp3) is 0.235. The molecule has 0 bridgehead atoms. The molecule has 2 aromatic rings. The predicted octanol–water partition coefficient (Wildman–Crippen LogP) is 3.09. The van der Waals surface area contributed by atoms with Crippen molar-refractivity contribution >= 4 is 5.91 Å². The Morgan fingerprint density at radius 3 is 2.50 bits per heavy atom. The van der Waals surface area contributed by atoms with E-state index < -0.39 is 0 Å². The monoisotopic (exact) mass is 301 g/mol. The van der Waals surface area contributed by atoms with E-state index in [2.05, 4.69) is 5.32 Å². The van der Waals surface area contributed by atoms with Gasteiger partial charge in [-0.05, 0) is 42.8 Å². The molecule has 4 nitrogen and oxygen atoms in total. The van der Waals surface area contributed by atoms with Crippen LogP contribution in [0.15, 0.2) is 42.5 Å². The van der Waals surface area contributed by atoms with Gasteiger partial charge in [0.1, 0.15) is 19.0 Å². The molecule has 1 amide bonds.